The van der Waals surface area contributed by atoms with Crippen LogP contribution in [0.3, 0.4) is 0 Å². The van der Waals surface area contributed by atoms with E-state index < -0.39 is 0 Å². The summed E-state index contributed by atoms with van der Waals surface area (Å²) in [5.41, 5.74) is 6.65. The predicted octanol–water partition coefficient (Wildman–Crippen LogP) is 4.79. The number of hydrogen-bond donors (Lipinski definition) is 2. The van der Waals surface area contributed by atoms with Gasteiger partial charge in [-0.05, 0) is 51.7 Å². The van der Waals surface area contributed by atoms with Crippen molar-refractivity contribution in [2.24, 2.45) is 0 Å². The van der Waals surface area contributed by atoms with E-state index in [4.69, 9.17) is 9.47 Å². The zero-order chi connectivity index (χ0) is 29.5. The molecule has 2 atom stereocenters. The normalized spacial score (nSPS) is 29.7. The fourth-order valence-electron chi connectivity index (χ4n) is 6.30. The number of nitrogens with zero attached hydrogens (tertiary/aromatic N) is 4. The first kappa shape index (κ1) is 30.8. The maximum absolute atomic E-state index is 10.5. The third kappa shape index (κ3) is 6.29. The highest BCUT2D eigenvalue weighted by Crippen LogP contribution is 2.56. The molecule has 6 heterocycles. The summed E-state index contributed by atoms with van der Waals surface area (Å²) in [5.74, 6) is 0. The van der Waals surface area contributed by atoms with E-state index >= 15 is 0 Å². The summed E-state index contributed by atoms with van der Waals surface area (Å²) in [7, 11) is 3.53. The van der Waals surface area contributed by atoms with E-state index in [9.17, 15) is 10.5 Å². The largest absolute Gasteiger partial charge is 0.378 e. The van der Waals surface area contributed by atoms with E-state index in [1.807, 2.05) is 23.5 Å². The van der Waals surface area contributed by atoms with Gasteiger partial charge in [0.15, 0.2) is 0 Å². The van der Waals surface area contributed by atoms with Crippen molar-refractivity contribution in [1.29, 1.82) is 10.5 Å². The fourth-order valence-corrected chi connectivity index (χ4v) is 13.0. The van der Waals surface area contributed by atoms with Crippen molar-refractivity contribution in [3.05, 3.63) is 43.5 Å². The molecule has 0 amide bonds. The van der Waals surface area contributed by atoms with Crippen LogP contribution in [0.25, 0.3) is 0 Å². The number of nitrogens with one attached hydrogen (secondary N) is 2. The van der Waals surface area contributed by atoms with Crippen LogP contribution in [0.4, 0.5) is 0 Å². The smallest absolute Gasteiger partial charge is 0.102 e. The van der Waals surface area contributed by atoms with Crippen LogP contribution in [0.2, 0.25) is 0 Å². The molecule has 0 bridgehead atoms. The highest BCUT2D eigenvalue weighted by atomic mass is 33.1. The van der Waals surface area contributed by atoms with Crippen molar-refractivity contribution in [2.45, 2.75) is 60.8 Å². The molecule has 0 spiro atoms. The van der Waals surface area contributed by atoms with Crippen LogP contribution in [0.15, 0.2) is 43.5 Å². The summed E-state index contributed by atoms with van der Waals surface area (Å²) in [6, 6.07) is 5.28. The van der Waals surface area contributed by atoms with E-state index in [-0.39, 0.29) is 20.2 Å². The molecule has 12 heteroatoms. The van der Waals surface area contributed by atoms with Gasteiger partial charge in [0.25, 0.3) is 0 Å². The lowest BCUT2D eigenvalue weighted by Gasteiger charge is -2.43. The first-order valence-electron chi connectivity index (χ1n) is 14.7. The van der Waals surface area contributed by atoms with Crippen molar-refractivity contribution in [2.75, 3.05) is 65.7 Å². The second-order valence-corrected chi connectivity index (χ2v) is 18.0. The second-order valence-electron chi connectivity index (χ2n) is 12.7. The van der Waals surface area contributed by atoms with E-state index in [0.29, 0.717) is 0 Å². The topological polar surface area (TPSA) is 96.6 Å². The molecule has 0 radical (unpaired) electrons. The molecule has 0 saturated carbocycles. The number of ether oxygens (including phenoxy) is 2. The van der Waals surface area contributed by atoms with Crippen LogP contribution >= 0.6 is 45.1 Å². The number of nitriles is 2. The Morgan fingerprint density at radius 3 is 1.43 bits per heavy atom. The molecule has 2 N–H and O–H groups in total. The molecule has 6 aliphatic rings. The molecule has 4 saturated heterocycles. The van der Waals surface area contributed by atoms with E-state index in [1.165, 1.54) is 32.4 Å². The van der Waals surface area contributed by atoms with E-state index in [0.717, 1.165) is 89.7 Å². The SMILES string of the molecule is CC1(C)CC2=C(C#N)C(SSC3SC(N4CCOCC4)=C4CNC(C)(C)CC4=C3C#N)SC(N3CCOCC3)=C2CN1. The zero-order valence-electron chi connectivity index (χ0n) is 24.9. The molecule has 6 rings (SSSR count). The van der Waals surface area contributed by atoms with Gasteiger partial charge in [0.2, 0.25) is 0 Å². The van der Waals surface area contributed by atoms with Crippen LogP contribution in [-0.2, 0) is 9.47 Å². The Bertz CT molecular complexity index is 1210. The van der Waals surface area contributed by atoms with Crippen molar-refractivity contribution in [3.8, 4) is 12.1 Å². The second kappa shape index (κ2) is 12.6. The Labute approximate surface area is 266 Å². The van der Waals surface area contributed by atoms with Crippen LogP contribution in [0, 0.1) is 22.7 Å². The third-order valence-corrected chi connectivity index (χ3v) is 15.3. The highest BCUT2D eigenvalue weighted by Gasteiger charge is 2.42. The molecule has 0 aromatic rings. The lowest BCUT2D eigenvalue weighted by Crippen LogP contribution is -2.48. The average molecular weight is 645 g/mol. The quantitative estimate of drug-likeness (QED) is 0.403. The number of fused-ring (bicyclic) bond motifs is 2. The van der Waals surface area contributed by atoms with E-state index in [2.05, 4.69) is 60.3 Å². The molecule has 0 aromatic heterocycles. The average Bonchev–Trinajstić information content (AvgIpc) is 2.98. The van der Waals surface area contributed by atoms with Crippen LogP contribution in [0.5, 0.6) is 0 Å². The van der Waals surface area contributed by atoms with Gasteiger partial charge in [-0.25, -0.2) is 0 Å². The molecule has 6 aliphatic heterocycles. The summed E-state index contributed by atoms with van der Waals surface area (Å²) in [4.78, 5) is 4.91. The Balaban J connectivity index is 1.30. The fraction of sp³-hybridized carbons (Fsp3) is 0.667. The minimum Gasteiger partial charge on any atom is -0.378 e. The van der Waals surface area contributed by atoms with Crippen molar-refractivity contribution in [3.63, 3.8) is 0 Å². The number of thioether (sulfide) groups is 2. The Morgan fingerprint density at radius 2 is 1.07 bits per heavy atom. The van der Waals surface area contributed by atoms with Gasteiger partial charge in [-0.3, -0.25) is 0 Å². The third-order valence-electron chi connectivity index (χ3n) is 8.60. The molecule has 8 nitrogen and oxygen atoms in total. The lowest BCUT2D eigenvalue weighted by molar-refractivity contribution is 0.0570. The maximum atomic E-state index is 10.5. The summed E-state index contributed by atoms with van der Waals surface area (Å²) in [6.07, 6.45) is 1.67. The van der Waals surface area contributed by atoms with E-state index in [1.54, 1.807) is 21.6 Å². The van der Waals surface area contributed by atoms with Gasteiger partial charge in [0.1, 0.15) is 9.16 Å². The molecular formula is C30H40N6O2S4. The molecule has 226 valence electrons. The standard InChI is InChI=1S/C30H40N6O2S4/c1-29(2)13-19-21(15-31)27(39-25(23(19)17-33-29)35-5-9-37-10-6-35)41-42-28-22(16-32)20-14-30(3,4)34-18-24(20)26(40-28)36-7-11-38-12-8-36/h27-28,33-34H,5-14,17-18H2,1-4H3. The summed E-state index contributed by atoms with van der Waals surface area (Å²) in [6.45, 7) is 16.9. The Hall–Kier alpha value is -1.22. The van der Waals surface area contributed by atoms with Gasteiger partial charge < -0.3 is 29.9 Å². The highest BCUT2D eigenvalue weighted by molar-refractivity contribution is 8.80. The van der Waals surface area contributed by atoms with Gasteiger partial charge in [0, 0.05) is 61.5 Å². The zero-order valence-corrected chi connectivity index (χ0v) is 28.1. The first-order chi connectivity index (χ1) is 20.2. The Morgan fingerprint density at radius 1 is 0.690 bits per heavy atom. The maximum Gasteiger partial charge on any atom is 0.102 e. The van der Waals surface area contributed by atoms with Crippen molar-refractivity contribution >= 4 is 45.1 Å². The lowest BCUT2D eigenvalue weighted by atomic mass is 9.83. The monoisotopic (exact) mass is 644 g/mol. The predicted molar refractivity (Wildman–Crippen MR) is 175 cm³/mol. The van der Waals surface area contributed by atoms with Crippen LogP contribution in [-0.4, -0.2) is 95.7 Å². The number of morpholine rings is 2. The molecule has 42 heavy (non-hydrogen) atoms. The van der Waals surface area contributed by atoms with Crippen molar-refractivity contribution < 1.29 is 9.47 Å². The number of hydrogen-bond acceptors (Lipinski definition) is 12. The van der Waals surface area contributed by atoms with Crippen LogP contribution < -0.4 is 10.6 Å². The Kier molecular flexibility index (Phi) is 9.27. The van der Waals surface area contributed by atoms with Gasteiger partial charge >= 0.3 is 0 Å². The number of rotatable bonds is 5. The summed E-state index contributed by atoms with van der Waals surface area (Å²) >= 11 is 3.64. The van der Waals surface area contributed by atoms with Gasteiger partial charge in [-0.2, -0.15) is 10.5 Å². The van der Waals surface area contributed by atoms with Crippen LogP contribution in [0.1, 0.15) is 40.5 Å². The minimum absolute atomic E-state index is 0.0299. The molecule has 4 fully saturated rings. The number of piperidine rings is 2. The molecular weight excluding hydrogens is 605 g/mol. The molecule has 0 aliphatic carbocycles. The molecule has 2 unspecified atom stereocenters. The van der Waals surface area contributed by atoms with Gasteiger partial charge in [-0.1, -0.05) is 45.1 Å². The van der Waals surface area contributed by atoms with Gasteiger partial charge in [0.05, 0.1) is 59.8 Å². The summed E-state index contributed by atoms with van der Waals surface area (Å²) in [5, 5.41) is 31.0. The minimum atomic E-state index is -0.0604. The van der Waals surface area contributed by atoms with Crippen molar-refractivity contribution in [1.82, 2.24) is 20.4 Å². The van der Waals surface area contributed by atoms with Gasteiger partial charge in [-0.15, -0.1) is 0 Å². The first-order valence-corrected chi connectivity index (χ1v) is 18.8. The summed E-state index contributed by atoms with van der Waals surface area (Å²) < 4.78 is 11.3. The molecule has 0 aromatic carbocycles.